The third kappa shape index (κ3) is 5.69. The van der Waals surface area contributed by atoms with Gasteiger partial charge in [0.25, 0.3) is 0 Å². The molecule has 7 heteroatoms. The van der Waals surface area contributed by atoms with Crippen molar-refractivity contribution >= 4 is 38.6 Å². The minimum atomic E-state index is -0.826. The summed E-state index contributed by atoms with van der Waals surface area (Å²) < 4.78 is 20.9. The van der Waals surface area contributed by atoms with Crippen molar-refractivity contribution in [2.45, 2.75) is 0 Å². The number of ether oxygens (including phenoxy) is 4. The summed E-state index contributed by atoms with van der Waals surface area (Å²) in [6.07, 6.45) is 0. The molecule has 0 aromatic heterocycles. The monoisotopic (exact) mass is 510 g/mol. The molecule has 0 N–H and O–H groups in total. The third-order valence-corrected chi connectivity index (χ3v) is 4.35. The van der Waals surface area contributed by atoms with Crippen molar-refractivity contribution in [1.82, 2.24) is 0 Å². The van der Waals surface area contributed by atoms with Crippen molar-refractivity contribution in [2.24, 2.45) is 0 Å². The number of methoxy groups -OCH3 is 4. The number of halogens is 2. The van der Waals surface area contributed by atoms with E-state index in [4.69, 9.17) is 36.0 Å². The van der Waals surface area contributed by atoms with E-state index in [1.165, 1.54) is 0 Å². The van der Waals surface area contributed by atoms with Crippen LogP contribution in [0.15, 0.2) is 60.7 Å². The van der Waals surface area contributed by atoms with Gasteiger partial charge in [0.15, 0.2) is 0 Å². The van der Waals surface area contributed by atoms with Crippen molar-refractivity contribution in [2.75, 3.05) is 28.4 Å². The summed E-state index contributed by atoms with van der Waals surface area (Å²) in [4.78, 5) is 0. The van der Waals surface area contributed by atoms with E-state index in [1.807, 2.05) is 60.7 Å². The molecule has 0 aliphatic heterocycles. The first-order chi connectivity index (χ1) is 14.1. The van der Waals surface area contributed by atoms with Crippen molar-refractivity contribution in [1.29, 1.82) is 0 Å². The fraction of sp³-hybridized carbons (Fsp3) is 0.182. The van der Waals surface area contributed by atoms with Gasteiger partial charge in [-0.05, 0) is 12.1 Å². The van der Waals surface area contributed by atoms with Gasteiger partial charge in [-0.15, -0.1) is 22.9 Å². The first-order valence-electron chi connectivity index (χ1n) is 8.64. The van der Waals surface area contributed by atoms with E-state index < -0.39 is 20.8 Å². The Labute approximate surface area is 189 Å². The maximum atomic E-state index is 5.23. The fourth-order valence-corrected chi connectivity index (χ4v) is 3.07. The van der Waals surface area contributed by atoms with Gasteiger partial charge in [-0.2, -0.15) is 24.3 Å². The van der Waals surface area contributed by atoms with Crippen molar-refractivity contribution in [3.05, 3.63) is 60.7 Å². The molecule has 0 spiro atoms. The summed E-state index contributed by atoms with van der Waals surface area (Å²) in [6, 6.07) is 19.8. The van der Waals surface area contributed by atoms with Gasteiger partial charge < -0.3 is 18.9 Å². The molecule has 0 unspecified atom stereocenters. The molecule has 0 saturated carbocycles. The number of rotatable bonds is 4. The predicted molar refractivity (Wildman–Crippen MR) is 117 cm³/mol. The van der Waals surface area contributed by atoms with Gasteiger partial charge in [0, 0.05) is 11.5 Å². The Hall–Kier alpha value is -1.68. The summed E-state index contributed by atoms with van der Waals surface area (Å²) >= 11 is -0.826. The first kappa shape index (κ1) is 23.6. The summed E-state index contributed by atoms with van der Waals surface area (Å²) in [5.74, 6) is 3.56. The van der Waals surface area contributed by atoms with Gasteiger partial charge in [-0.25, -0.2) is 0 Å². The minimum absolute atomic E-state index is 0.826. The number of benzene rings is 2. The quantitative estimate of drug-likeness (QED) is 0.292. The molecule has 0 heterocycles. The molecule has 29 heavy (non-hydrogen) atoms. The summed E-state index contributed by atoms with van der Waals surface area (Å²) in [6.45, 7) is 0. The van der Waals surface area contributed by atoms with Gasteiger partial charge in [-0.3, -0.25) is 0 Å². The van der Waals surface area contributed by atoms with Crippen molar-refractivity contribution in [3.8, 4) is 23.0 Å². The zero-order valence-corrected chi connectivity index (χ0v) is 20.6. The van der Waals surface area contributed by atoms with E-state index in [-0.39, 0.29) is 0 Å². The van der Waals surface area contributed by atoms with Crippen LogP contribution < -0.4 is 18.9 Å². The van der Waals surface area contributed by atoms with Gasteiger partial charge in [0.05, 0.1) is 39.9 Å². The zero-order valence-electron chi connectivity index (χ0n) is 16.7. The topological polar surface area (TPSA) is 36.9 Å². The molecular weight excluding hydrogens is 490 g/mol. The summed E-state index contributed by atoms with van der Waals surface area (Å²) in [5.41, 5.74) is 0. The molecule has 0 saturated heterocycles. The van der Waals surface area contributed by atoms with Crippen molar-refractivity contribution < 1.29 is 39.8 Å². The Bertz CT molecular complexity index is 868. The van der Waals surface area contributed by atoms with Crippen LogP contribution in [0.2, 0.25) is 0 Å². The predicted octanol–water partition coefficient (Wildman–Crippen LogP) is 6.53. The molecule has 0 atom stereocenters. The normalized spacial score (nSPS) is 9.59. The van der Waals surface area contributed by atoms with Gasteiger partial charge >= 0.3 is 37.9 Å². The van der Waals surface area contributed by atoms with Crippen LogP contribution in [0.25, 0.3) is 21.5 Å². The Morgan fingerprint density at radius 1 is 0.586 bits per heavy atom. The van der Waals surface area contributed by atoms with Crippen LogP contribution >= 0.6 is 17.0 Å². The molecule has 0 bridgehead atoms. The van der Waals surface area contributed by atoms with Crippen LogP contribution in [0.4, 0.5) is 0 Å². The van der Waals surface area contributed by atoms with Crippen LogP contribution in [0.3, 0.4) is 0 Å². The van der Waals surface area contributed by atoms with Crippen LogP contribution in [0, 0.1) is 0 Å². The first-order valence-corrected chi connectivity index (χ1v) is 15.0. The average molecular weight is 513 g/mol. The third-order valence-electron chi connectivity index (χ3n) is 4.35. The SMILES string of the molecule is COc1ccc(OC)c2[cH-]ccc12.COc1ccc(OC)c2[cH-]ccc12.[Cl][Zr+2][Cl]. The van der Waals surface area contributed by atoms with Crippen molar-refractivity contribution in [3.63, 3.8) is 0 Å². The molecule has 0 aliphatic rings. The van der Waals surface area contributed by atoms with Gasteiger partial charge in [-0.1, -0.05) is 22.9 Å². The zero-order chi connectivity index (χ0) is 21.2. The number of fused-ring (bicyclic) bond motifs is 2. The van der Waals surface area contributed by atoms with E-state index in [0.29, 0.717) is 0 Å². The van der Waals surface area contributed by atoms with E-state index in [0.717, 1.165) is 44.5 Å². The van der Waals surface area contributed by atoms with E-state index in [1.54, 1.807) is 28.4 Å². The second-order valence-corrected chi connectivity index (χ2v) is 9.45. The number of hydrogen-bond acceptors (Lipinski definition) is 4. The molecule has 152 valence electrons. The molecule has 0 radical (unpaired) electrons. The molecular formula is C22H22Cl2O4Zr. The van der Waals surface area contributed by atoms with Crippen LogP contribution in [-0.2, 0) is 20.8 Å². The van der Waals surface area contributed by atoms with Crippen LogP contribution in [0.1, 0.15) is 0 Å². The molecule has 4 rings (SSSR count). The molecule has 4 aromatic carbocycles. The Morgan fingerprint density at radius 2 is 0.897 bits per heavy atom. The van der Waals surface area contributed by atoms with E-state index in [2.05, 4.69) is 0 Å². The number of hydrogen-bond donors (Lipinski definition) is 0. The second-order valence-electron chi connectivity index (χ2n) is 5.72. The molecule has 0 aliphatic carbocycles. The summed E-state index contributed by atoms with van der Waals surface area (Å²) in [7, 11) is 16.6. The van der Waals surface area contributed by atoms with E-state index >= 15 is 0 Å². The van der Waals surface area contributed by atoms with E-state index in [9.17, 15) is 0 Å². The maximum absolute atomic E-state index is 5.23. The summed E-state index contributed by atoms with van der Waals surface area (Å²) in [5, 5.41) is 4.40. The van der Waals surface area contributed by atoms with Crippen LogP contribution in [0.5, 0.6) is 23.0 Å². The molecule has 4 aromatic rings. The van der Waals surface area contributed by atoms with Crippen LogP contribution in [-0.4, -0.2) is 28.4 Å². The van der Waals surface area contributed by atoms with Gasteiger partial charge in [0.1, 0.15) is 0 Å². The van der Waals surface area contributed by atoms with Gasteiger partial charge in [0.2, 0.25) is 0 Å². The standard InChI is InChI=1S/2C11H11O2.2ClH.Zr/c2*1-12-10-6-7-11(13-2)9-5-3-4-8(9)10;;;/h2*3-7H,1-2H3;2*1H;/q2*-1;;;+4/p-2. The Kier molecular flexibility index (Phi) is 9.86. The Morgan fingerprint density at radius 3 is 1.21 bits per heavy atom. The molecule has 0 amide bonds. The second kappa shape index (κ2) is 12.1. The fourth-order valence-electron chi connectivity index (χ4n) is 3.07. The average Bonchev–Trinajstić information content (AvgIpc) is 3.43. The Balaban J connectivity index is 0.000000183. The molecule has 4 nitrogen and oxygen atoms in total. The molecule has 0 fully saturated rings.